The predicted molar refractivity (Wildman–Crippen MR) is 83.9 cm³/mol. The Morgan fingerprint density at radius 2 is 2.36 bits per heavy atom. The van der Waals surface area contributed by atoms with Crippen molar-refractivity contribution in [2.24, 2.45) is 0 Å². The Labute approximate surface area is 131 Å². The molecule has 0 aliphatic carbocycles. The monoisotopic (exact) mass is 315 g/mol. The second-order valence-electron chi connectivity index (χ2n) is 4.02. The molecule has 0 aliphatic rings. The summed E-state index contributed by atoms with van der Waals surface area (Å²) in [6.07, 6.45) is 4.68. The van der Waals surface area contributed by atoms with Crippen LogP contribution in [0.25, 0.3) is 6.08 Å². The van der Waals surface area contributed by atoms with E-state index in [-0.39, 0.29) is 12.5 Å². The predicted octanol–water partition coefficient (Wildman–Crippen LogP) is 2.71. The first-order valence-corrected chi connectivity index (χ1v) is 7.17. The van der Waals surface area contributed by atoms with E-state index in [0.29, 0.717) is 16.6 Å². The number of anilines is 1. The van der Waals surface area contributed by atoms with E-state index < -0.39 is 0 Å². The standard InChI is InChI=1S/C15H13N3O3S/c1-20-13-10-11(2-4-12(13)21-8-6-16)3-5-14(19)18-15-17-7-9-22-15/h2-5,7,9-10H,8H2,1H3,(H,17,18,19). The van der Waals surface area contributed by atoms with Gasteiger partial charge >= 0.3 is 0 Å². The van der Waals surface area contributed by atoms with Crippen molar-refractivity contribution in [3.05, 3.63) is 41.4 Å². The molecule has 2 aromatic rings. The molecule has 0 radical (unpaired) electrons. The molecule has 22 heavy (non-hydrogen) atoms. The molecule has 2 rings (SSSR count). The third kappa shape index (κ3) is 4.33. The van der Waals surface area contributed by atoms with E-state index in [0.717, 1.165) is 5.56 Å². The van der Waals surface area contributed by atoms with Crippen LogP contribution >= 0.6 is 11.3 Å². The number of rotatable bonds is 6. The highest BCUT2D eigenvalue weighted by Gasteiger charge is 2.05. The zero-order valence-corrected chi connectivity index (χ0v) is 12.6. The number of aromatic nitrogens is 1. The molecule has 112 valence electrons. The molecule has 0 saturated carbocycles. The first kappa shape index (κ1) is 15.5. The average Bonchev–Trinajstić information content (AvgIpc) is 3.04. The fourth-order valence-corrected chi connectivity index (χ4v) is 2.15. The molecule has 0 fully saturated rings. The SMILES string of the molecule is COc1cc(C=CC(=O)Nc2nccs2)ccc1OCC#N. The van der Waals surface area contributed by atoms with Crippen LogP contribution in [0, 0.1) is 11.3 Å². The summed E-state index contributed by atoms with van der Waals surface area (Å²) in [5.41, 5.74) is 0.774. The van der Waals surface area contributed by atoms with Gasteiger partial charge in [-0.2, -0.15) is 5.26 Å². The van der Waals surface area contributed by atoms with Crippen LogP contribution in [0.15, 0.2) is 35.9 Å². The number of methoxy groups -OCH3 is 1. The maximum absolute atomic E-state index is 11.7. The summed E-state index contributed by atoms with van der Waals surface area (Å²) in [4.78, 5) is 15.7. The van der Waals surface area contributed by atoms with Crippen LogP contribution in [-0.4, -0.2) is 24.6 Å². The smallest absolute Gasteiger partial charge is 0.250 e. The van der Waals surface area contributed by atoms with Gasteiger partial charge in [0.2, 0.25) is 5.91 Å². The molecule has 7 heteroatoms. The number of nitrogens with zero attached hydrogens (tertiary/aromatic N) is 2. The molecule has 1 aromatic heterocycles. The summed E-state index contributed by atoms with van der Waals surface area (Å²) >= 11 is 1.35. The van der Waals surface area contributed by atoms with Gasteiger partial charge in [0.25, 0.3) is 0 Å². The molecule has 0 bridgehead atoms. The van der Waals surface area contributed by atoms with Gasteiger partial charge in [0.15, 0.2) is 23.2 Å². The number of benzene rings is 1. The fourth-order valence-electron chi connectivity index (χ4n) is 1.62. The fraction of sp³-hybridized carbons (Fsp3) is 0.133. The Kier molecular flexibility index (Phi) is 5.51. The summed E-state index contributed by atoms with van der Waals surface area (Å²) in [7, 11) is 1.51. The van der Waals surface area contributed by atoms with Crippen molar-refractivity contribution < 1.29 is 14.3 Å². The largest absolute Gasteiger partial charge is 0.493 e. The Morgan fingerprint density at radius 1 is 1.50 bits per heavy atom. The van der Waals surface area contributed by atoms with E-state index in [4.69, 9.17) is 14.7 Å². The van der Waals surface area contributed by atoms with E-state index in [1.807, 2.05) is 6.07 Å². The van der Waals surface area contributed by atoms with E-state index in [1.165, 1.54) is 24.5 Å². The number of hydrogen-bond acceptors (Lipinski definition) is 6. The van der Waals surface area contributed by atoms with Crippen molar-refractivity contribution in [2.45, 2.75) is 0 Å². The number of carbonyl (C=O) groups excluding carboxylic acids is 1. The maximum atomic E-state index is 11.7. The Bertz CT molecular complexity index is 705. The van der Waals surface area contributed by atoms with Crippen molar-refractivity contribution in [1.82, 2.24) is 4.98 Å². The minimum absolute atomic E-state index is 0.0538. The molecular formula is C15H13N3O3S. The van der Waals surface area contributed by atoms with Crippen LogP contribution < -0.4 is 14.8 Å². The van der Waals surface area contributed by atoms with Crippen molar-refractivity contribution in [3.63, 3.8) is 0 Å². The Hall–Kier alpha value is -2.85. The van der Waals surface area contributed by atoms with Gasteiger partial charge in [0.05, 0.1) is 7.11 Å². The quantitative estimate of drug-likeness (QED) is 0.829. The topological polar surface area (TPSA) is 84.2 Å². The number of thiazole rings is 1. The van der Waals surface area contributed by atoms with Crippen molar-refractivity contribution >= 4 is 28.5 Å². The van der Waals surface area contributed by atoms with Gasteiger partial charge < -0.3 is 9.47 Å². The van der Waals surface area contributed by atoms with E-state index >= 15 is 0 Å². The van der Waals surface area contributed by atoms with Crippen molar-refractivity contribution in [3.8, 4) is 17.6 Å². The van der Waals surface area contributed by atoms with Crippen LogP contribution in [0.5, 0.6) is 11.5 Å². The Morgan fingerprint density at radius 3 is 3.05 bits per heavy atom. The molecule has 1 amide bonds. The summed E-state index contributed by atoms with van der Waals surface area (Å²) < 4.78 is 10.4. The number of hydrogen-bond donors (Lipinski definition) is 1. The van der Waals surface area contributed by atoms with E-state index in [9.17, 15) is 4.79 Å². The minimum Gasteiger partial charge on any atom is -0.493 e. The average molecular weight is 315 g/mol. The molecule has 0 atom stereocenters. The maximum Gasteiger partial charge on any atom is 0.250 e. The molecule has 0 spiro atoms. The third-order valence-electron chi connectivity index (χ3n) is 2.57. The van der Waals surface area contributed by atoms with Gasteiger partial charge in [-0.3, -0.25) is 10.1 Å². The first-order chi connectivity index (χ1) is 10.7. The van der Waals surface area contributed by atoms with E-state index in [2.05, 4.69) is 10.3 Å². The highest BCUT2D eigenvalue weighted by molar-refractivity contribution is 7.13. The molecular weight excluding hydrogens is 302 g/mol. The van der Waals surface area contributed by atoms with Crippen molar-refractivity contribution in [1.29, 1.82) is 5.26 Å². The van der Waals surface area contributed by atoms with E-state index in [1.54, 1.807) is 35.9 Å². The highest BCUT2D eigenvalue weighted by Crippen LogP contribution is 2.28. The summed E-state index contributed by atoms with van der Waals surface area (Å²) in [6.45, 7) is -0.0538. The summed E-state index contributed by atoms with van der Waals surface area (Å²) in [6, 6.07) is 7.07. The van der Waals surface area contributed by atoms with Gasteiger partial charge in [-0.1, -0.05) is 6.07 Å². The molecule has 1 heterocycles. The number of amides is 1. The van der Waals surface area contributed by atoms with Crippen LogP contribution in [0.1, 0.15) is 5.56 Å². The van der Waals surface area contributed by atoms with Gasteiger partial charge in [-0.25, -0.2) is 4.98 Å². The number of carbonyl (C=O) groups is 1. The number of ether oxygens (including phenoxy) is 2. The molecule has 0 saturated heterocycles. The van der Waals surface area contributed by atoms with Crippen LogP contribution in [0.2, 0.25) is 0 Å². The lowest BCUT2D eigenvalue weighted by atomic mass is 10.2. The molecule has 6 nitrogen and oxygen atoms in total. The van der Waals surface area contributed by atoms with Crippen LogP contribution in [0.3, 0.4) is 0 Å². The first-order valence-electron chi connectivity index (χ1n) is 6.29. The molecule has 0 aliphatic heterocycles. The number of nitriles is 1. The molecule has 1 N–H and O–H groups in total. The number of nitrogens with one attached hydrogen (secondary N) is 1. The lowest BCUT2D eigenvalue weighted by molar-refractivity contribution is -0.111. The van der Waals surface area contributed by atoms with Crippen LogP contribution in [-0.2, 0) is 4.79 Å². The van der Waals surface area contributed by atoms with Gasteiger partial charge in [0.1, 0.15) is 6.07 Å². The molecule has 0 unspecified atom stereocenters. The second kappa shape index (κ2) is 7.81. The molecule has 1 aromatic carbocycles. The minimum atomic E-state index is -0.265. The van der Waals surface area contributed by atoms with Crippen molar-refractivity contribution in [2.75, 3.05) is 19.0 Å². The lowest BCUT2D eigenvalue weighted by Gasteiger charge is -2.08. The highest BCUT2D eigenvalue weighted by atomic mass is 32.1. The second-order valence-corrected chi connectivity index (χ2v) is 4.91. The summed E-state index contributed by atoms with van der Waals surface area (Å²) in [5.74, 6) is 0.713. The van der Waals surface area contributed by atoms with Gasteiger partial charge in [0, 0.05) is 17.7 Å². The van der Waals surface area contributed by atoms with Gasteiger partial charge in [-0.15, -0.1) is 11.3 Å². The van der Waals surface area contributed by atoms with Gasteiger partial charge in [-0.05, 0) is 23.8 Å². The zero-order valence-electron chi connectivity index (χ0n) is 11.8. The zero-order chi connectivity index (χ0) is 15.8. The normalized spacial score (nSPS) is 10.2. The Balaban J connectivity index is 2.04. The third-order valence-corrected chi connectivity index (χ3v) is 3.26. The summed E-state index contributed by atoms with van der Waals surface area (Å²) in [5, 5.41) is 13.5. The lowest BCUT2D eigenvalue weighted by Crippen LogP contribution is -2.07. The van der Waals surface area contributed by atoms with Crippen LogP contribution in [0.4, 0.5) is 5.13 Å².